The van der Waals surface area contributed by atoms with E-state index in [1.165, 1.54) is 19.3 Å². The maximum Gasteiger partial charge on any atom is 0.246 e. The van der Waals surface area contributed by atoms with Gasteiger partial charge >= 0.3 is 0 Å². The van der Waals surface area contributed by atoms with Crippen molar-refractivity contribution in [2.45, 2.75) is 43.6 Å². The van der Waals surface area contributed by atoms with Crippen molar-refractivity contribution >= 4 is 0 Å². The van der Waals surface area contributed by atoms with Gasteiger partial charge in [0.25, 0.3) is 0 Å². The molecule has 1 N–H and O–H groups in total. The van der Waals surface area contributed by atoms with Crippen molar-refractivity contribution in [1.82, 2.24) is 15.5 Å². The molecule has 1 heterocycles. The molecule has 2 saturated carbocycles. The van der Waals surface area contributed by atoms with E-state index in [4.69, 9.17) is 4.52 Å². The van der Waals surface area contributed by atoms with Crippen molar-refractivity contribution in [1.29, 1.82) is 0 Å². The van der Waals surface area contributed by atoms with Gasteiger partial charge in [-0.25, -0.2) is 0 Å². The molecule has 0 unspecified atom stereocenters. The van der Waals surface area contributed by atoms with Gasteiger partial charge in [0.05, 0.1) is 5.54 Å². The average molecular weight is 193 g/mol. The number of hydrogen-bond donors (Lipinski definition) is 1. The van der Waals surface area contributed by atoms with Gasteiger partial charge in [0.15, 0.2) is 5.82 Å². The predicted molar refractivity (Wildman–Crippen MR) is 50.9 cm³/mol. The zero-order chi connectivity index (χ0) is 9.60. The summed E-state index contributed by atoms with van der Waals surface area (Å²) in [5, 5.41) is 7.36. The Labute approximate surface area is 83.1 Å². The molecule has 0 bridgehead atoms. The Morgan fingerprint density at radius 1 is 1.43 bits per heavy atom. The average Bonchev–Trinajstić information content (AvgIpc) is 2.86. The molecule has 4 nitrogen and oxygen atoms in total. The summed E-state index contributed by atoms with van der Waals surface area (Å²) < 4.78 is 5.34. The summed E-state index contributed by atoms with van der Waals surface area (Å²) in [5.41, 5.74) is 0.000139. The molecule has 3 rings (SSSR count). The molecular weight excluding hydrogens is 178 g/mol. The molecule has 4 heteroatoms. The van der Waals surface area contributed by atoms with Crippen molar-refractivity contribution < 1.29 is 4.52 Å². The van der Waals surface area contributed by atoms with Crippen LogP contribution in [0.4, 0.5) is 0 Å². The summed E-state index contributed by atoms with van der Waals surface area (Å²) in [6.07, 6.45) is 5.95. The Balaban J connectivity index is 1.87. The highest BCUT2D eigenvalue weighted by Gasteiger charge is 2.43. The van der Waals surface area contributed by atoms with E-state index in [0.29, 0.717) is 5.92 Å². The highest BCUT2D eigenvalue weighted by molar-refractivity contribution is 5.11. The molecule has 0 amide bonds. The SMILES string of the molecule is CNC1(c2nc(C3CC3)no2)CCC1. The van der Waals surface area contributed by atoms with Gasteiger partial charge in [0.1, 0.15) is 0 Å². The van der Waals surface area contributed by atoms with E-state index in [1.807, 2.05) is 7.05 Å². The van der Waals surface area contributed by atoms with Crippen LogP contribution in [-0.2, 0) is 5.54 Å². The van der Waals surface area contributed by atoms with Crippen molar-refractivity contribution in [3.8, 4) is 0 Å². The fourth-order valence-corrected chi connectivity index (χ4v) is 2.04. The topological polar surface area (TPSA) is 51.0 Å². The zero-order valence-corrected chi connectivity index (χ0v) is 8.42. The Bertz CT molecular complexity index is 333. The van der Waals surface area contributed by atoms with Gasteiger partial charge in [-0.15, -0.1) is 0 Å². The first-order chi connectivity index (χ1) is 6.84. The number of nitrogens with zero attached hydrogens (tertiary/aromatic N) is 2. The zero-order valence-electron chi connectivity index (χ0n) is 8.42. The van der Waals surface area contributed by atoms with Crippen molar-refractivity contribution in [2.24, 2.45) is 0 Å². The maximum atomic E-state index is 5.34. The molecule has 0 radical (unpaired) electrons. The number of aromatic nitrogens is 2. The van der Waals surface area contributed by atoms with Crippen molar-refractivity contribution in [3.63, 3.8) is 0 Å². The summed E-state index contributed by atoms with van der Waals surface area (Å²) in [4.78, 5) is 4.50. The lowest BCUT2D eigenvalue weighted by Gasteiger charge is -2.37. The third-order valence-electron chi connectivity index (χ3n) is 3.48. The largest absolute Gasteiger partial charge is 0.337 e. The molecule has 2 fully saturated rings. The number of rotatable bonds is 3. The molecule has 1 aromatic rings. The van der Waals surface area contributed by atoms with Crippen LogP contribution in [0.15, 0.2) is 4.52 Å². The van der Waals surface area contributed by atoms with E-state index in [9.17, 15) is 0 Å². The standard InChI is InChI=1S/C10H15N3O/c1-11-10(5-2-6-10)9-12-8(13-14-9)7-3-4-7/h7,11H,2-6H2,1H3. The summed E-state index contributed by atoms with van der Waals surface area (Å²) in [5.74, 6) is 2.30. The van der Waals surface area contributed by atoms with E-state index in [2.05, 4.69) is 15.5 Å². The van der Waals surface area contributed by atoms with Crippen LogP contribution in [0.2, 0.25) is 0 Å². The minimum Gasteiger partial charge on any atom is -0.337 e. The summed E-state index contributed by atoms with van der Waals surface area (Å²) in [6.45, 7) is 0. The molecule has 0 spiro atoms. The molecule has 0 atom stereocenters. The van der Waals surface area contributed by atoms with E-state index in [-0.39, 0.29) is 5.54 Å². The molecule has 0 saturated heterocycles. The highest BCUT2D eigenvalue weighted by atomic mass is 16.5. The quantitative estimate of drug-likeness (QED) is 0.791. The van der Waals surface area contributed by atoms with Crippen LogP contribution >= 0.6 is 0 Å². The first-order valence-electron chi connectivity index (χ1n) is 5.37. The van der Waals surface area contributed by atoms with Gasteiger partial charge in [-0.2, -0.15) is 4.98 Å². The maximum absolute atomic E-state index is 5.34. The van der Waals surface area contributed by atoms with Gasteiger partial charge in [-0.05, 0) is 39.2 Å². The van der Waals surface area contributed by atoms with Gasteiger partial charge < -0.3 is 9.84 Å². The van der Waals surface area contributed by atoms with Crippen LogP contribution in [0.5, 0.6) is 0 Å². The molecule has 0 aromatic carbocycles. The van der Waals surface area contributed by atoms with Crippen LogP contribution < -0.4 is 5.32 Å². The van der Waals surface area contributed by atoms with E-state index >= 15 is 0 Å². The Morgan fingerprint density at radius 2 is 2.21 bits per heavy atom. The second-order valence-electron chi connectivity index (χ2n) is 4.42. The van der Waals surface area contributed by atoms with Gasteiger partial charge in [0.2, 0.25) is 5.89 Å². The van der Waals surface area contributed by atoms with Crippen molar-refractivity contribution in [2.75, 3.05) is 7.05 Å². The minimum atomic E-state index is 0.000139. The second-order valence-corrected chi connectivity index (χ2v) is 4.42. The van der Waals surface area contributed by atoms with Crippen LogP contribution in [0, 0.1) is 0 Å². The highest BCUT2D eigenvalue weighted by Crippen LogP contribution is 2.43. The third-order valence-corrected chi connectivity index (χ3v) is 3.48. The monoisotopic (exact) mass is 193 g/mol. The van der Waals surface area contributed by atoms with E-state index in [0.717, 1.165) is 24.6 Å². The lowest BCUT2D eigenvalue weighted by molar-refractivity contribution is 0.142. The van der Waals surface area contributed by atoms with Crippen LogP contribution in [0.3, 0.4) is 0 Å². The summed E-state index contributed by atoms with van der Waals surface area (Å²) in [6, 6.07) is 0. The second kappa shape index (κ2) is 2.79. The third kappa shape index (κ3) is 1.10. The number of nitrogens with one attached hydrogen (secondary N) is 1. The lowest BCUT2D eigenvalue weighted by Crippen LogP contribution is -2.46. The molecule has 2 aliphatic carbocycles. The number of hydrogen-bond acceptors (Lipinski definition) is 4. The van der Waals surface area contributed by atoms with Gasteiger partial charge in [0, 0.05) is 5.92 Å². The molecular formula is C10H15N3O. The summed E-state index contributed by atoms with van der Waals surface area (Å²) >= 11 is 0. The molecule has 0 aliphatic heterocycles. The van der Waals surface area contributed by atoms with Crippen LogP contribution in [-0.4, -0.2) is 17.2 Å². The van der Waals surface area contributed by atoms with E-state index in [1.54, 1.807) is 0 Å². The van der Waals surface area contributed by atoms with Gasteiger partial charge in [-0.1, -0.05) is 5.16 Å². The van der Waals surface area contributed by atoms with Crippen molar-refractivity contribution in [3.05, 3.63) is 11.7 Å². The fraction of sp³-hybridized carbons (Fsp3) is 0.800. The minimum absolute atomic E-state index is 0.000139. The Morgan fingerprint density at radius 3 is 2.71 bits per heavy atom. The normalized spacial score (nSPS) is 24.6. The first kappa shape index (κ1) is 8.41. The van der Waals surface area contributed by atoms with Gasteiger partial charge in [-0.3, -0.25) is 0 Å². The molecule has 14 heavy (non-hydrogen) atoms. The van der Waals surface area contributed by atoms with Crippen LogP contribution in [0.1, 0.15) is 49.7 Å². The summed E-state index contributed by atoms with van der Waals surface area (Å²) in [7, 11) is 1.97. The smallest absolute Gasteiger partial charge is 0.246 e. The lowest BCUT2D eigenvalue weighted by atomic mass is 9.77. The Hall–Kier alpha value is -0.900. The Kier molecular flexibility index (Phi) is 1.68. The molecule has 76 valence electrons. The first-order valence-corrected chi connectivity index (χ1v) is 5.37. The fourth-order valence-electron chi connectivity index (χ4n) is 2.04. The van der Waals surface area contributed by atoms with E-state index < -0.39 is 0 Å². The molecule has 1 aromatic heterocycles. The molecule has 2 aliphatic rings. The predicted octanol–water partition coefficient (Wildman–Crippen LogP) is 1.55. The van der Waals surface area contributed by atoms with Crippen LogP contribution in [0.25, 0.3) is 0 Å².